The Bertz CT molecular complexity index is 434. The van der Waals surface area contributed by atoms with Gasteiger partial charge in [0, 0.05) is 32.6 Å². The Morgan fingerprint density at radius 2 is 2.16 bits per heavy atom. The van der Waals surface area contributed by atoms with Crippen molar-refractivity contribution in [2.75, 3.05) is 19.6 Å². The van der Waals surface area contributed by atoms with Crippen LogP contribution in [0.2, 0.25) is 0 Å². The Hall–Kier alpha value is -1.39. The summed E-state index contributed by atoms with van der Waals surface area (Å²) >= 11 is 0. The largest absolute Gasteiger partial charge is 0.390 e. The second-order valence-corrected chi connectivity index (χ2v) is 5.07. The summed E-state index contributed by atoms with van der Waals surface area (Å²) in [6.07, 6.45) is 0.995. The van der Waals surface area contributed by atoms with Crippen LogP contribution in [0.25, 0.3) is 0 Å². The van der Waals surface area contributed by atoms with Crippen molar-refractivity contribution in [3.8, 4) is 0 Å². The summed E-state index contributed by atoms with van der Waals surface area (Å²) in [5.74, 6) is -0.0111. The molecule has 2 N–H and O–H groups in total. The molecular formula is C15H22N2O2. The van der Waals surface area contributed by atoms with Gasteiger partial charge >= 0.3 is 0 Å². The molecule has 0 unspecified atom stereocenters. The van der Waals surface area contributed by atoms with Gasteiger partial charge in [0.25, 0.3) is 0 Å². The lowest BCUT2D eigenvalue weighted by atomic mass is 10.00. The van der Waals surface area contributed by atoms with Crippen LogP contribution in [0.5, 0.6) is 0 Å². The number of hydrogen-bond acceptors (Lipinski definition) is 3. The van der Waals surface area contributed by atoms with Crippen LogP contribution >= 0.6 is 0 Å². The van der Waals surface area contributed by atoms with Crippen molar-refractivity contribution in [2.45, 2.75) is 32.4 Å². The first-order valence-electron chi connectivity index (χ1n) is 6.93. The third-order valence-corrected chi connectivity index (χ3v) is 3.53. The number of carbonyl (C=O) groups excluding carboxylic acids is 1. The first-order valence-corrected chi connectivity index (χ1v) is 6.93. The molecule has 1 amide bonds. The summed E-state index contributed by atoms with van der Waals surface area (Å²) in [5.41, 5.74) is 2.76. The first kappa shape index (κ1) is 14.0. The van der Waals surface area contributed by atoms with E-state index in [1.807, 2.05) is 6.92 Å². The van der Waals surface area contributed by atoms with Gasteiger partial charge in [0.2, 0.25) is 5.91 Å². The molecule has 4 heteroatoms. The molecule has 0 bridgehead atoms. The minimum atomic E-state index is -0.499. The van der Waals surface area contributed by atoms with E-state index in [9.17, 15) is 9.90 Å². The van der Waals surface area contributed by atoms with Crippen molar-refractivity contribution in [1.82, 2.24) is 10.2 Å². The molecule has 2 rings (SSSR count). The molecule has 0 spiro atoms. The standard InChI is InChI=1S/C15H22N2O2/c1-2-15(19)16-9-14(18)11-17-8-7-12-5-3-4-6-13(12)10-17/h3-6,14,18H,2,7-11H2,1H3,(H,16,19)/t14-/m1/s1. The van der Waals surface area contributed by atoms with Crippen molar-refractivity contribution in [3.63, 3.8) is 0 Å². The number of nitrogens with zero attached hydrogens (tertiary/aromatic N) is 1. The molecule has 4 nitrogen and oxygen atoms in total. The van der Waals surface area contributed by atoms with Gasteiger partial charge in [-0.1, -0.05) is 31.2 Å². The number of fused-ring (bicyclic) bond motifs is 1. The van der Waals surface area contributed by atoms with E-state index < -0.39 is 6.10 Å². The lowest BCUT2D eigenvalue weighted by molar-refractivity contribution is -0.121. The van der Waals surface area contributed by atoms with Gasteiger partial charge in [0.1, 0.15) is 0 Å². The molecule has 104 valence electrons. The van der Waals surface area contributed by atoms with E-state index in [4.69, 9.17) is 0 Å². The summed E-state index contributed by atoms with van der Waals surface area (Å²) in [6.45, 7) is 4.61. The van der Waals surface area contributed by atoms with Crippen molar-refractivity contribution in [3.05, 3.63) is 35.4 Å². The SMILES string of the molecule is CCC(=O)NC[C@@H](O)CN1CCc2ccccc2C1. The van der Waals surface area contributed by atoms with Crippen LogP contribution in [0.4, 0.5) is 0 Å². The number of amides is 1. The fourth-order valence-corrected chi connectivity index (χ4v) is 2.43. The van der Waals surface area contributed by atoms with Gasteiger partial charge in [-0.2, -0.15) is 0 Å². The van der Waals surface area contributed by atoms with Gasteiger partial charge in [0.15, 0.2) is 0 Å². The molecule has 1 aromatic rings. The Kier molecular flexibility index (Phi) is 4.93. The average Bonchev–Trinajstić information content (AvgIpc) is 2.44. The molecule has 1 atom stereocenters. The smallest absolute Gasteiger partial charge is 0.219 e. The van der Waals surface area contributed by atoms with Crippen molar-refractivity contribution in [1.29, 1.82) is 0 Å². The molecule has 1 heterocycles. The van der Waals surface area contributed by atoms with Gasteiger partial charge in [-0.25, -0.2) is 0 Å². The van der Waals surface area contributed by atoms with E-state index in [-0.39, 0.29) is 5.91 Å². The van der Waals surface area contributed by atoms with Crippen molar-refractivity contribution >= 4 is 5.91 Å². The number of β-amino-alcohol motifs (C(OH)–C–C–N with tert-alkyl or cyclic N) is 1. The van der Waals surface area contributed by atoms with Gasteiger partial charge in [-0.3, -0.25) is 9.69 Å². The Morgan fingerprint density at radius 3 is 2.89 bits per heavy atom. The summed E-state index contributed by atoms with van der Waals surface area (Å²) in [6, 6.07) is 8.45. The van der Waals surface area contributed by atoms with Crippen molar-refractivity contribution in [2.24, 2.45) is 0 Å². The number of aliphatic hydroxyl groups is 1. The topological polar surface area (TPSA) is 52.6 Å². The second kappa shape index (κ2) is 6.68. The van der Waals surface area contributed by atoms with Gasteiger partial charge in [0.05, 0.1) is 6.10 Å². The van der Waals surface area contributed by atoms with Crippen LogP contribution in [0.15, 0.2) is 24.3 Å². The molecule has 1 aliphatic heterocycles. The molecule has 0 aromatic heterocycles. The number of rotatable bonds is 5. The Morgan fingerprint density at radius 1 is 1.42 bits per heavy atom. The monoisotopic (exact) mass is 262 g/mol. The summed E-state index contributed by atoms with van der Waals surface area (Å²) in [7, 11) is 0. The minimum absolute atomic E-state index is 0.0111. The molecule has 1 aromatic carbocycles. The molecule has 0 aliphatic carbocycles. The summed E-state index contributed by atoms with van der Waals surface area (Å²) in [5, 5.41) is 12.7. The van der Waals surface area contributed by atoms with Crippen LogP contribution in [-0.2, 0) is 17.8 Å². The zero-order chi connectivity index (χ0) is 13.7. The van der Waals surface area contributed by atoms with Gasteiger partial charge in [-0.15, -0.1) is 0 Å². The van der Waals surface area contributed by atoms with Crippen LogP contribution in [-0.4, -0.2) is 41.7 Å². The highest BCUT2D eigenvalue weighted by atomic mass is 16.3. The summed E-state index contributed by atoms with van der Waals surface area (Å²) in [4.78, 5) is 13.4. The number of carbonyl (C=O) groups is 1. The lowest BCUT2D eigenvalue weighted by Gasteiger charge is -2.30. The third-order valence-electron chi connectivity index (χ3n) is 3.53. The van der Waals surface area contributed by atoms with E-state index in [0.29, 0.717) is 19.5 Å². The Balaban J connectivity index is 1.80. The lowest BCUT2D eigenvalue weighted by Crippen LogP contribution is -2.41. The maximum Gasteiger partial charge on any atom is 0.219 e. The molecule has 0 radical (unpaired) electrons. The highest BCUT2D eigenvalue weighted by Crippen LogP contribution is 2.18. The van der Waals surface area contributed by atoms with Crippen LogP contribution in [0.1, 0.15) is 24.5 Å². The normalized spacial score (nSPS) is 16.7. The predicted octanol–water partition coefficient (Wildman–Crippen LogP) is 0.932. The molecule has 19 heavy (non-hydrogen) atoms. The highest BCUT2D eigenvalue weighted by Gasteiger charge is 2.18. The van der Waals surface area contributed by atoms with Crippen LogP contribution in [0, 0.1) is 0 Å². The van der Waals surface area contributed by atoms with E-state index in [2.05, 4.69) is 34.5 Å². The van der Waals surface area contributed by atoms with Crippen LogP contribution in [0.3, 0.4) is 0 Å². The summed E-state index contributed by atoms with van der Waals surface area (Å²) < 4.78 is 0. The molecule has 0 saturated heterocycles. The molecular weight excluding hydrogens is 240 g/mol. The number of benzene rings is 1. The zero-order valence-corrected chi connectivity index (χ0v) is 11.4. The van der Waals surface area contributed by atoms with Crippen LogP contribution < -0.4 is 5.32 Å². The quantitative estimate of drug-likeness (QED) is 0.830. The molecule has 0 fully saturated rings. The second-order valence-electron chi connectivity index (χ2n) is 5.07. The Labute approximate surface area is 114 Å². The van der Waals surface area contributed by atoms with E-state index in [0.717, 1.165) is 19.5 Å². The fourth-order valence-electron chi connectivity index (χ4n) is 2.43. The van der Waals surface area contributed by atoms with E-state index >= 15 is 0 Å². The fraction of sp³-hybridized carbons (Fsp3) is 0.533. The maximum absolute atomic E-state index is 11.1. The minimum Gasteiger partial charge on any atom is -0.390 e. The first-order chi connectivity index (χ1) is 9.19. The molecule has 1 aliphatic rings. The van der Waals surface area contributed by atoms with E-state index in [1.54, 1.807) is 0 Å². The number of aliphatic hydroxyl groups excluding tert-OH is 1. The average molecular weight is 262 g/mol. The highest BCUT2D eigenvalue weighted by molar-refractivity contribution is 5.75. The van der Waals surface area contributed by atoms with Gasteiger partial charge < -0.3 is 10.4 Å². The number of nitrogens with one attached hydrogen (secondary N) is 1. The molecule has 0 saturated carbocycles. The van der Waals surface area contributed by atoms with Gasteiger partial charge in [-0.05, 0) is 17.5 Å². The van der Waals surface area contributed by atoms with E-state index in [1.165, 1.54) is 11.1 Å². The van der Waals surface area contributed by atoms with Crippen molar-refractivity contribution < 1.29 is 9.90 Å². The maximum atomic E-state index is 11.1. The zero-order valence-electron chi connectivity index (χ0n) is 11.4. The predicted molar refractivity (Wildman–Crippen MR) is 74.7 cm³/mol. The third kappa shape index (κ3) is 4.04. The number of hydrogen-bond donors (Lipinski definition) is 2.